The van der Waals surface area contributed by atoms with Crippen LogP contribution in [0, 0.1) is 6.92 Å². The van der Waals surface area contributed by atoms with E-state index < -0.39 is 6.09 Å². The molecule has 0 saturated carbocycles. The van der Waals surface area contributed by atoms with Crippen LogP contribution in [0.3, 0.4) is 0 Å². The number of ether oxygens (including phenoxy) is 2. The molecule has 1 amide bonds. The van der Waals surface area contributed by atoms with Gasteiger partial charge in [-0.25, -0.2) is 14.8 Å². The molecule has 0 radical (unpaired) electrons. The quantitative estimate of drug-likeness (QED) is 0.108. The Bertz CT molecular complexity index is 1520. The fourth-order valence-electron chi connectivity index (χ4n) is 4.76. The van der Waals surface area contributed by atoms with Gasteiger partial charge >= 0.3 is 6.09 Å². The summed E-state index contributed by atoms with van der Waals surface area (Å²) in [5.41, 5.74) is 3.78. The van der Waals surface area contributed by atoms with Crippen molar-refractivity contribution in [2.45, 2.75) is 58.5 Å². The molecule has 0 aliphatic heterocycles. The van der Waals surface area contributed by atoms with Crippen molar-refractivity contribution in [1.29, 1.82) is 0 Å². The van der Waals surface area contributed by atoms with Gasteiger partial charge in [0.25, 0.3) is 0 Å². The molecule has 0 spiro atoms. The second kappa shape index (κ2) is 14.6. The van der Waals surface area contributed by atoms with Crippen molar-refractivity contribution in [3.63, 3.8) is 0 Å². The number of carbonyl (C=O) groups is 2. The van der Waals surface area contributed by atoms with E-state index in [1.165, 1.54) is 4.90 Å². The van der Waals surface area contributed by atoms with Crippen molar-refractivity contribution in [3.8, 4) is 22.6 Å². The lowest BCUT2D eigenvalue weighted by atomic mass is 10.0. The molecular formula is C32H38N4O5S. The van der Waals surface area contributed by atoms with Gasteiger partial charge in [0.1, 0.15) is 17.9 Å². The molecule has 222 valence electrons. The van der Waals surface area contributed by atoms with E-state index in [-0.39, 0.29) is 6.04 Å². The Labute approximate surface area is 250 Å². The Morgan fingerprint density at radius 2 is 1.90 bits per heavy atom. The highest BCUT2D eigenvalue weighted by Gasteiger charge is 2.18. The third kappa shape index (κ3) is 7.76. The first-order valence-corrected chi connectivity index (χ1v) is 15.0. The molecule has 2 aromatic carbocycles. The highest BCUT2D eigenvalue weighted by atomic mass is 32.1. The number of aldehydes is 1. The summed E-state index contributed by atoms with van der Waals surface area (Å²) in [6, 6.07) is 13.8. The minimum absolute atomic E-state index is 0.0451. The number of fused-ring (bicyclic) bond motifs is 1. The van der Waals surface area contributed by atoms with Gasteiger partial charge in [0.05, 0.1) is 25.3 Å². The Morgan fingerprint density at radius 1 is 1.12 bits per heavy atom. The minimum Gasteiger partial charge on any atom is -0.493 e. The molecular weight excluding hydrogens is 552 g/mol. The van der Waals surface area contributed by atoms with Crippen LogP contribution in [0.15, 0.2) is 47.8 Å². The van der Waals surface area contributed by atoms with Gasteiger partial charge in [0.2, 0.25) is 0 Å². The van der Waals surface area contributed by atoms with Crippen LogP contribution < -0.4 is 14.8 Å². The largest absolute Gasteiger partial charge is 0.493 e. The number of methoxy groups -OCH3 is 1. The highest BCUT2D eigenvalue weighted by Crippen LogP contribution is 2.37. The second-order valence-corrected chi connectivity index (χ2v) is 11.2. The highest BCUT2D eigenvalue weighted by molar-refractivity contribution is 7.10. The number of aryl methyl sites for hydroxylation is 1. The number of benzene rings is 2. The number of rotatable bonds is 15. The summed E-state index contributed by atoms with van der Waals surface area (Å²) in [7, 11) is 3.19. The number of unbranched alkanes of at least 4 members (excludes halogenated alkanes) is 4. The maximum atomic E-state index is 11.4. The third-order valence-electron chi connectivity index (χ3n) is 7.03. The summed E-state index contributed by atoms with van der Waals surface area (Å²) in [6.45, 7) is 4.83. The first-order chi connectivity index (χ1) is 20.3. The summed E-state index contributed by atoms with van der Waals surface area (Å²) in [4.78, 5) is 33.6. The van der Waals surface area contributed by atoms with Crippen LogP contribution >= 0.6 is 11.3 Å². The summed E-state index contributed by atoms with van der Waals surface area (Å²) in [6.07, 6.45) is 4.45. The van der Waals surface area contributed by atoms with E-state index in [4.69, 9.17) is 14.5 Å². The number of thiophene rings is 1. The SMILES string of the molecule is COc1cc2c(N[C@H](C)c3cc(-c4ccccc4CN(C)C(=O)O)cs3)nc(C)nc2cc1OCCCCCCC=O. The van der Waals surface area contributed by atoms with E-state index >= 15 is 0 Å². The maximum Gasteiger partial charge on any atom is 0.407 e. The lowest BCUT2D eigenvalue weighted by Crippen LogP contribution is -2.24. The molecule has 10 heteroatoms. The van der Waals surface area contributed by atoms with Crippen molar-refractivity contribution in [3.05, 3.63) is 64.1 Å². The van der Waals surface area contributed by atoms with Crippen LogP contribution in [0.5, 0.6) is 11.5 Å². The zero-order chi connectivity index (χ0) is 30.1. The van der Waals surface area contributed by atoms with Crippen molar-refractivity contribution in [1.82, 2.24) is 14.9 Å². The van der Waals surface area contributed by atoms with Gasteiger partial charge in [-0.3, -0.25) is 0 Å². The lowest BCUT2D eigenvalue weighted by Gasteiger charge is -2.17. The van der Waals surface area contributed by atoms with Crippen molar-refractivity contribution < 1.29 is 24.2 Å². The van der Waals surface area contributed by atoms with E-state index in [9.17, 15) is 14.7 Å². The summed E-state index contributed by atoms with van der Waals surface area (Å²) in [5, 5.41) is 15.8. The molecule has 2 aromatic heterocycles. The predicted molar refractivity (Wildman–Crippen MR) is 167 cm³/mol. The first-order valence-electron chi connectivity index (χ1n) is 14.1. The number of nitrogens with zero attached hydrogens (tertiary/aromatic N) is 3. The van der Waals surface area contributed by atoms with Crippen LogP contribution in [0.25, 0.3) is 22.0 Å². The minimum atomic E-state index is -0.960. The maximum absolute atomic E-state index is 11.4. The Hall–Kier alpha value is -4.18. The average Bonchev–Trinajstić information content (AvgIpc) is 3.47. The zero-order valence-electron chi connectivity index (χ0n) is 24.6. The third-order valence-corrected chi connectivity index (χ3v) is 8.14. The molecule has 42 heavy (non-hydrogen) atoms. The van der Waals surface area contributed by atoms with E-state index in [0.29, 0.717) is 42.7 Å². The van der Waals surface area contributed by atoms with E-state index in [1.807, 2.05) is 43.3 Å². The fourth-order valence-corrected chi connectivity index (χ4v) is 5.68. The number of hydrogen-bond donors (Lipinski definition) is 2. The zero-order valence-corrected chi connectivity index (χ0v) is 25.4. The Balaban J connectivity index is 1.51. The van der Waals surface area contributed by atoms with Crippen LogP contribution in [0.1, 0.15) is 61.3 Å². The van der Waals surface area contributed by atoms with Gasteiger partial charge in [0.15, 0.2) is 11.5 Å². The van der Waals surface area contributed by atoms with Crippen molar-refractivity contribution >= 4 is 40.4 Å². The second-order valence-electron chi connectivity index (χ2n) is 10.3. The van der Waals surface area contributed by atoms with E-state index in [1.54, 1.807) is 25.5 Å². The molecule has 2 heterocycles. The molecule has 0 aliphatic rings. The summed E-state index contributed by atoms with van der Waals surface area (Å²) < 4.78 is 11.7. The van der Waals surface area contributed by atoms with E-state index in [0.717, 1.165) is 64.4 Å². The number of hydrogen-bond acceptors (Lipinski definition) is 8. The molecule has 0 bridgehead atoms. The van der Waals surface area contributed by atoms with Gasteiger partial charge in [-0.2, -0.15) is 0 Å². The number of carboxylic acid groups (broad SMARTS) is 1. The van der Waals surface area contributed by atoms with Gasteiger partial charge < -0.3 is 29.6 Å². The molecule has 9 nitrogen and oxygen atoms in total. The Kier molecular flexibility index (Phi) is 10.7. The number of nitrogens with one attached hydrogen (secondary N) is 1. The number of amides is 1. The van der Waals surface area contributed by atoms with E-state index in [2.05, 4.69) is 28.7 Å². The molecule has 0 aliphatic carbocycles. The van der Waals surface area contributed by atoms with Crippen LogP contribution in [0.4, 0.5) is 10.6 Å². The number of anilines is 1. The topological polar surface area (TPSA) is 114 Å². The Morgan fingerprint density at radius 3 is 2.67 bits per heavy atom. The number of carbonyl (C=O) groups excluding carboxylic acids is 1. The number of aromatic nitrogens is 2. The summed E-state index contributed by atoms with van der Waals surface area (Å²) >= 11 is 1.64. The van der Waals surface area contributed by atoms with Crippen LogP contribution in [-0.2, 0) is 11.3 Å². The molecule has 0 fully saturated rings. The molecule has 4 aromatic rings. The monoisotopic (exact) mass is 590 g/mol. The average molecular weight is 591 g/mol. The van der Waals surface area contributed by atoms with Gasteiger partial charge in [0, 0.05) is 36.3 Å². The van der Waals surface area contributed by atoms with Crippen LogP contribution in [-0.4, -0.2) is 53.1 Å². The molecule has 4 rings (SSSR count). The first kappa shape index (κ1) is 30.8. The van der Waals surface area contributed by atoms with Gasteiger partial charge in [-0.1, -0.05) is 37.1 Å². The van der Waals surface area contributed by atoms with Gasteiger partial charge in [-0.15, -0.1) is 11.3 Å². The molecule has 2 N–H and O–H groups in total. The molecule has 1 atom stereocenters. The van der Waals surface area contributed by atoms with Crippen LogP contribution in [0.2, 0.25) is 0 Å². The molecule has 0 saturated heterocycles. The lowest BCUT2D eigenvalue weighted by molar-refractivity contribution is -0.107. The normalized spacial score (nSPS) is 11.7. The fraction of sp³-hybridized carbons (Fsp3) is 0.375. The predicted octanol–water partition coefficient (Wildman–Crippen LogP) is 7.49. The van der Waals surface area contributed by atoms with Gasteiger partial charge in [-0.05, 0) is 60.9 Å². The summed E-state index contributed by atoms with van der Waals surface area (Å²) in [5.74, 6) is 2.62. The smallest absolute Gasteiger partial charge is 0.407 e. The standard InChI is InChI=1S/C32H38N4O5S/c1-21(30-16-24(20-42-30)25-13-9-8-12-23(25)19-36(3)32(38)39)33-31-26-17-28(40-4)29(18-27(26)34-22(2)35-31)41-15-11-7-5-6-10-14-37/h8-9,12-14,16-18,20-21H,5-7,10-11,15,19H2,1-4H3,(H,38,39)(H,33,34,35)/t21-/m1/s1. The molecule has 0 unspecified atom stereocenters. The van der Waals surface area contributed by atoms with Crippen molar-refractivity contribution in [2.24, 2.45) is 0 Å². The van der Waals surface area contributed by atoms with Crippen molar-refractivity contribution in [2.75, 3.05) is 26.1 Å².